The summed E-state index contributed by atoms with van der Waals surface area (Å²) in [6, 6.07) is 5.97. The highest BCUT2D eigenvalue weighted by Gasteiger charge is 2.36. The Kier molecular flexibility index (Phi) is 7.78. The fraction of sp³-hybridized carbons (Fsp3) is 0.480. The van der Waals surface area contributed by atoms with E-state index in [2.05, 4.69) is 15.1 Å². The van der Waals surface area contributed by atoms with Gasteiger partial charge in [0.05, 0.1) is 12.8 Å². The van der Waals surface area contributed by atoms with Gasteiger partial charge in [-0.1, -0.05) is 11.2 Å². The highest BCUT2D eigenvalue weighted by atomic mass is 19.1. The molecule has 3 N–H and O–H groups in total. The molecule has 0 bridgehead atoms. The first kappa shape index (κ1) is 25.5. The number of carbonyl (C=O) groups is 2. The molecule has 0 radical (unpaired) electrons. The van der Waals surface area contributed by atoms with Gasteiger partial charge in [-0.25, -0.2) is 14.4 Å². The summed E-state index contributed by atoms with van der Waals surface area (Å²) in [7, 11) is 1.39. The Hall–Kier alpha value is -3.60. The van der Waals surface area contributed by atoms with E-state index in [9.17, 15) is 19.1 Å². The van der Waals surface area contributed by atoms with Crippen molar-refractivity contribution in [1.82, 2.24) is 14.9 Å². The van der Waals surface area contributed by atoms with Crippen LogP contribution in [0.5, 0.6) is 5.75 Å². The summed E-state index contributed by atoms with van der Waals surface area (Å²) in [6.45, 7) is 1.35. The van der Waals surface area contributed by atoms with Crippen LogP contribution in [0.2, 0.25) is 0 Å². The maximum absolute atomic E-state index is 13.8. The van der Waals surface area contributed by atoms with E-state index < -0.39 is 18.3 Å². The lowest BCUT2D eigenvalue weighted by atomic mass is 9.80. The zero-order valence-corrected chi connectivity index (χ0v) is 20.3. The molecule has 1 aromatic carbocycles. The van der Waals surface area contributed by atoms with Crippen LogP contribution in [0.4, 0.5) is 4.39 Å². The van der Waals surface area contributed by atoms with Crippen molar-refractivity contribution in [2.24, 2.45) is 16.8 Å². The van der Waals surface area contributed by atoms with Crippen molar-refractivity contribution in [2.45, 2.75) is 57.7 Å². The summed E-state index contributed by atoms with van der Waals surface area (Å²) in [5.41, 5.74) is 7.41. The molecule has 1 aliphatic heterocycles. The summed E-state index contributed by atoms with van der Waals surface area (Å²) in [5, 5.41) is 13.8. The monoisotopic (exact) mass is 499 g/mol. The van der Waals surface area contributed by atoms with Gasteiger partial charge in [0.25, 0.3) is 5.91 Å². The van der Waals surface area contributed by atoms with Gasteiger partial charge in [-0.3, -0.25) is 9.59 Å². The van der Waals surface area contributed by atoms with Gasteiger partial charge in [-0.05, 0) is 62.3 Å². The molecule has 36 heavy (non-hydrogen) atoms. The largest absolute Gasteiger partial charge is 0.494 e. The Morgan fingerprint density at radius 3 is 2.64 bits per heavy atom. The number of methoxy groups -OCH3 is 1. The lowest BCUT2D eigenvalue weighted by Crippen LogP contribution is -2.44. The Balaban J connectivity index is 1.38. The molecular formula is C25H30FN5O5. The second kappa shape index (κ2) is 11.0. The van der Waals surface area contributed by atoms with E-state index in [1.165, 1.54) is 19.2 Å². The van der Waals surface area contributed by atoms with E-state index in [1.54, 1.807) is 24.0 Å². The van der Waals surface area contributed by atoms with Gasteiger partial charge in [0.1, 0.15) is 29.9 Å². The number of aromatic nitrogens is 2. The maximum Gasteiger partial charge on any atom is 0.267 e. The molecule has 1 aliphatic carbocycles. The topological polar surface area (TPSA) is 140 Å². The van der Waals surface area contributed by atoms with Crippen LogP contribution in [0.1, 0.15) is 59.7 Å². The third kappa shape index (κ3) is 5.62. The van der Waals surface area contributed by atoms with Crippen molar-refractivity contribution >= 4 is 17.5 Å². The number of hydrogen-bond acceptors (Lipinski definition) is 8. The molecule has 10 nitrogen and oxygen atoms in total. The van der Waals surface area contributed by atoms with Crippen molar-refractivity contribution < 1.29 is 28.7 Å². The third-order valence-corrected chi connectivity index (χ3v) is 6.81. The molecule has 1 saturated carbocycles. The van der Waals surface area contributed by atoms with Crippen LogP contribution in [0.15, 0.2) is 29.4 Å². The minimum absolute atomic E-state index is 0.0543. The first-order valence-corrected chi connectivity index (χ1v) is 11.9. The van der Waals surface area contributed by atoms with Crippen LogP contribution in [-0.4, -0.2) is 63.4 Å². The number of amides is 2. The fourth-order valence-electron chi connectivity index (χ4n) is 4.94. The molecule has 0 saturated heterocycles. The highest BCUT2D eigenvalue weighted by molar-refractivity contribution is 6.01. The van der Waals surface area contributed by atoms with E-state index >= 15 is 0 Å². The molecule has 11 heteroatoms. The van der Waals surface area contributed by atoms with E-state index in [4.69, 9.17) is 15.3 Å². The van der Waals surface area contributed by atoms with Crippen LogP contribution in [0.3, 0.4) is 0 Å². The quantitative estimate of drug-likeness (QED) is 0.567. The number of rotatable bonds is 8. The van der Waals surface area contributed by atoms with Crippen molar-refractivity contribution in [3.8, 4) is 5.75 Å². The minimum Gasteiger partial charge on any atom is -0.494 e. The average Bonchev–Trinajstić information content (AvgIpc) is 3.38. The van der Waals surface area contributed by atoms with Crippen LogP contribution in [0.25, 0.3) is 0 Å². The first-order chi connectivity index (χ1) is 17.3. The van der Waals surface area contributed by atoms with Crippen molar-refractivity contribution in [3.63, 3.8) is 0 Å². The Morgan fingerprint density at radius 2 is 1.97 bits per heavy atom. The smallest absolute Gasteiger partial charge is 0.267 e. The summed E-state index contributed by atoms with van der Waals surface area (Å²) >= 11 is 0. The molecule has 1 fully saturated rings. The second-order valence-corrected chi connectivity index (χ2v) is 9.15. The lowest BCUT2D eigenvalue weighted by molar-refractivity contribution is -0.138. The zero-order valence-electron chi connectivity index (χ0n) is 20.3. The average molecular weight is 500 g/mol. The summed E-state index contributed by atoms with van der Waals surface area (Å²) in [5.74, 6) is -0.684. The van der Waals surface area contributed by atoms with Gasteiger partial charge >= 0.3 is 0 Å². The van der Waals surface area contributed by atoms with Crippen molar-refractivity contribution in [3.05, 3.63) is 52.9 Å². The van der Waals surface area contributed by atoms with E-state index in [0.29, 0.717) is 23.7 Å². The minimum atomic E-state index is -0.628. The predicted molar refractivity (Wildman–Crippen MR) is 128 cm³/mol. The number of carbonyl (C=O) groups excluding carboxylic acids is 2. The number of aliphatic hydroxyl groups is 1. The number of aliphatic hydroxyl groups excluding tert-OH is 1. The SMILES string of the molecule is COc1cc(CN(C(=O)CO)C2CCC([C@H]3CC(c4cc(C(N)=O)nc(C)n4)=NO3)CC2)ccc1F. The number of hydrogen-bond donors (Lipinski definition) is 2. The van der Waals surface area contributed by atoms with Gasteiger partial charge < -0.3 is 25.3 Å². The van der Waals surface area contributed by atoms with Crippen molar-refractivity contribution in [1.29, 1.82) is 0 Å². The molecule has 0 spiro atoms. The van der Waals surface area contributed by atoms with Gasteiger partial charge in [-0.2, -0.15) is 0 Å². The van der Waals surface area contributed by atoms with Crippen LogP contribution in [-0.2, 0) is 16.2 Å². The highest BCUT2D eigenvalue weighted by Crippen LogP contribution is 2.35. The van der Waals surface area contributed by atoms with Gasteiger partial charge in [0.15, 0.2) is 11.6 Å². The van der Waals surface area contributed by atoms with E-state index in [-0.39, 0.29) is 42.0 Å². The number of aryl methyl sites for hydroxylation is 1. The molecule has 1 aromatic heterocycles. The predicted octanol–water partition coefficient (Wildman–Crippen LogP) is 2.10. The molecule has 2 aliphatic rings. The fourth-order valence-corrected chi connectivity index (χ4v) is 4.94. The van der Waals surface area contributed by atoms with Crippen LogP contribution >= 0.6 is 0 Å². The number of benzene rings is 1. The van der Waals surface area contributed by atoms with Gasteiger partial charge in [0.2, 0.25) is 5.91 Å². The number of oxime groups is 1. The summed E-state index contributed by atoms with van der Waals surface area (Å²) in [6.07, 6.45) is 3.53. The van der Waals surface area contributed by atoms with E-state index in [1.807, 2.05) is 0 Å². The first-order valence-electron chi connectivity index (χ1n) is 11.9. The zero-order chi connectivity index (χ0) is 25.8. The number of nitrogens with zero attached hydrogens (tertiary/aromatic N) is 4. The molecule has 2 aromatic rings. The second-order valence-electron chi connectivity index (χ2n) is 9.15. The van der Waals surface area contributed by atoms with Crippen LogP contribution < -0.4 is 10.5 Å². The molecule has 0 unspecified atom stereocenters. The Morgan fingerprint density at radius 1 is 1.22 bits per heavy atom. The Labute approximate surface area is 208 Å². The molecule has 4 rings (SSSR count). The van der Waals surface area contributed by atoms with E-state index in [0.717, 1.165) is 31.2 Å². The summed E-state index contributed by atoms with van der Waals surface area (Å²) in [4.78, 5) is 39.9. The number of ether oxygens (including phenoxy) is 1. The van der Waals surface area contributed by atoms with Gasteiger partial charge in [0, 0.05) is 19.0 Å². The molecule has 2 heterocycles. The third-order valence-electron chi connectivity index (χ3n) is 6.81. The number of primary amides is 1. The molecule has 1 atom stereocenters. The number of nitrogens with two attached hydrogens (primary N) is 1. The molecular weight excluding hydrogens is 469 g/mol. The summed E-state index contributed by atoms with van der Waals surface area (Å²) < 4.78 is 18.8. The van der Waals surface area contributed by atoms with Gasteiger partial charge in [-0.15, -0.1) is 0 Å². The number of halogens is 1. The standard InChI is InChI=1S/C25H30FN5O5/c1-14-28-19(10-21(29-14)25(27)34)20-11-22(36-30-20)16-4-6-17(7-5-16)31(24(33)13-32)12-15-3-8-18(26)23(9-15)35-2/h3,8-10,16-17,22,32H,4-7,11-13H2,1-2H3,(H2,27,34)/t16?,17?,22-/m1/s1. The molecule has 2 amide bonds. The normalized spacial score (nSPS) is 21.4. The van der Waals surface area contributed by atoms with Crippen molar-refractivity contribution in [2.75, 3.05) is 13.7 Å². The maximum atomic E-state index is 13.8. The Bertz CT molecular complexity index is 1170. The van der Waals surface area contributed by atoms with Crippen LogP contribution in [0, 0.1) is 18.7 Å². The lowest BCUT2D eigenvalue weighted by Gasteiger charge is -2.38. The molecule has 192 valence electrons.